The fraction of sp³-hybridized carbons (Fsp3) is 0.462. The number of carboxylic acid groups (broad SMARTS) is 1. The maximum Gasteiger partial charge on any atom is 0.307 e. The summed E-state index contributed by atoms with van der Waals surface area (Å²) in [5, 5.41) is 12.2. The lowest BCUT2D eigenvalue weighted by Crippen LogP contribution is -2.36. The van der Waals surface area contributed by atoms with Gasteiger partial charge in [-0.1, -0.05) is 29.8 Å². The van der Waals surface area contributed by atoms with E-state index >= 15 is 0 Å². The monoisotopic (exact) mass is 219 g/mol. The first kappa shape index (κ1) is 11.1. The summed E-state index contributed by atoms with van der Waals surface area (Å²) in [6, 6.07) is 8.71. The number of hydrogen-bond donors (Lipinski definition) is 2. The molecule has 1 aromatic rings. The smallest absolute Gasteiger partial charge is 0.307 e. The van der Waals surface area contributed by atoms with Crippen LogP contribution in [-0.2, 0) is 4.79 Å². The molecule has 2 unspecified atom stereocenters. The van der Waals surface area contributed by atoms with Gasteiger partial charge in [-0.15, -0.1) is 0 Å². The first-order valence-electron chi connectivity index (χ1n) is 5.69. The van der Waals surface area contributed by atoms with Gasteiger partial charge in [0.15, 0.2) is 0 Å². The summed E-state index contributed by atoms with van der Waals surface area (Å²) in [4.78, 5) is 10.8. The van der Waals surface area contributed by atoms with Crippen LogP contribution in [0.15, 0.2) is 24.3 Å². The third kappa shape index (κ3) is 2.42. The van der Waals surface area contributed by atoms with Crippen LogP contribution in [0.5, 0.6) is 0 Å². The largest absolute Gasteiger partial charge is 0.481 e. The number of benzene rings is 1. The fourth-order valence-corrected chi connectivity index (χ4v) is 2.24. The van der Waals surface area contributed by atoms with E-state index in [2.05, 4.69) is 36.5 Å². The summed E-state index contributed by atoms with van der Waals surface area (Å²) in [7, 11) is 0. The molecule has 16 heavy (non-hydrogen) atoms. The van der Waals surface area contributed by atoms with E-state index in [1.807, 2.05) is 0 Å². The molecular weight excluding hydrogens is 202 g/mol. The van der Waals surface area contributed by atoms with Crippen molar-refractivity contribution in [3.05, 3.63) is 35.4 Å². The van der Waals surface area contributed by atoms with Gasteiger partial charge in [0.05, 0.1) is 5.92 Å². The second-order valence-corrected chi connectivity index (χ2v) is 4.49. The van der Waals surface area contributed by atoms with Crippen molar-refractivity contribution in [1.29, 1.82) is 0 Å². The van der Waals surface area contributed by atoms with Gasteiger partial charge in [0.1, 0.15) is 0 Å². The van der Waals surface area contributed by atoms with Crippen molar-refractivity contribution in [2.75, 3.05) is 6.54 Å². The molecule has 2 N–H and O–H groups in total. The predicted molar refractivity (Wildman–Crippen MR) is 62.3 cm³/mol. The highest BCUT2D eigenvalue weighted by atomic mass is 16.4. The van der Waals surface area contributed by atoms with Crippen molar-refractivity contribution in [1.82, 2.24) is 5.32 Å². The Morgan fingerprint density at radius 2 is 2.25 bits per heavy atom. The first-order valence-corrected chi connectivity index (χ1v) is 5.69. The summed E-state index contributed by atoms with van der Waals surface area (Å²) < 4.78 is 0. The van der Waals surface area contributed by atoms with Gasteiger partial charge >= 0.3 is 5.97 Å². The second-order valence-electron chi connectivity index (χ2n) is 4.49. The topological polar surface area (TPSA) is 49.3 Å². The molecule has 0 saturated carbocycles. The number of aliphatic carboxylic acids is 1. The van der Waals surface area contributed by atoms with E-state index in [0.717, 1.165) is 12.8 Å². The zero-order chi connectivity index (χ0) is 11.5. The van der Waals surface area contributed by atoms with Crippen LogP contribution >= 0.6 is 0 Å². The summed E-state index contributed by atoms with van der Waals surface area (Å²) in [6.07, 6.45) is 1.67. The van der Waals surface area contributed by atoms with Crippen LogP contribution in [0.2, 0.25) is 0 Å². The van der Waals surface area contributed by atoms with Gasteiger partial charge < -0.3 is 10.4 Å². The zero-order valence-electron chi connectivity index (χ0n) is 9.44. The summed E-state index contributed by atoms with van der Waals surface area (Å²) in [5.41, 5.74) is 2.52. The molecule has 1 aliphatic heterocycles. The van der Waals surface area contributed by atoms with Crippen molar-refractivity contribution in [3.63, 3.8) is 0 Å². The lowest BCUT2D eigenvalue weighted by molar-refractivity contribution is -0.142. The Balaban J connectivity index is 2.01. The number of rotatable bonds is 2. The van der Waals surface area contributed by atoms with Crippen molar-refractivity contribution in [2.24, 2.45) is 5.92 Å². The Morgan fingerprint density at radius 3 is 2.81 bits per heavy atom. The molecule has 0 aromatic heterocycles. The average Bonchev–Trinajstić information content (AvgIpc) is 2.29. The highest BCUT2D eigenvalue weighted by molar-refractivity contribution is 5.70. The first-order chi connectivity index (χ1) is 7.66. The Bertz CT molecular complexity index is 381. The van der Waals surface area contributed by atoms with E-state index in [9.17, 15) is 4.79 Å². The maximum atomic E-state index is 10.8. The highest BCUT2D eigenvalue weighted by Crippen LogP contribution is 2.26. The van der Waals surface area contributed by atoms with Crippen LogP contribution in [0, 0.1) is 12.8 Å². The molecule has 3 heteroatoms. The predicted octanol–water partition coefficient (Wildman–Crippen LogP) is 2.12. The minimum atomic E-state index is -0.685. The van der Waals surface area contributed by atoms with Gasteiger partial charge in [-0.3, -0.25) is 4.79 Å². The van der Waals surface area contributed by atoms with E-state index in [1.54, 1.807) is 0 Å². The standard InChI is InChI=1S/C13H17NO2/c1-9-3-2-4-10(7-9)12-6-5-11(8-14-12)13(15)16/h2-4,7,11-12,14H,5-6,8H2,1H3,(H,15,16). The molecule has 0 radical (unpaired) electrons. The number of piperidine rings is 1. The van der Waals surface area contributed by atoms with Gasteiger partial charge in [0.25, 0.3) is 0 Å². The van der Waals surface area contributed by atoms with Gasteiger partial charge in [-0.2, -0.15) is 0 Å². The molecule has 2 rings (SSSR count). The molecule has 1 aliphatic rings. The summed E-state index contributed by atoms with van der Waals surface area (Å²) in [6.45, 7) is 2.65. The van der Waals surface area contributed by atoms with E-state index in [-0.39, 0.29) is 5.92 Å². The molecule has 1 heterocycles. The molecule has 0 spiro atoms. The molecule has 1 aromatic carbocycles. The lowest BCUT2D eigenvalue weighted by atomic mass is 9.90. The number of carboxylic acids is 1. The minimum Gasteiger partial charge on any atom is -0.481 e. The van der Waals surface area contributed by atoms with Crippen molar-refractivity contribution in [2.45, 2.75) is 25.8 Å². The summed E-state index contributed by atoms with van der Waals surface area (Å²) >= 11 is 0. The van der Waals surface area contributed by atoms with Crippen LogP contribution in [0.3, 0.4) is 0 Å². The van der Waals surface area contributed by atoms with Crippen LogP contribution in [0.1, 0.15) is 30.0 Å². The Kier molecular flexibility index (Phi) is 3.25. The van der Waals surface area contributed by atoms with Gasteiger partial charge in [0, 0.05) is 12.6 Å². The van der Waals surface area contributed by atoms with Crippen LogP contribution in [-0.4, -0.2) is 17.6 Å². The third-order valence-electron chi connectivity index (χ3n) is 3.21. The van der Waals surface area contributed by atoms with Crippen LogP contribution < -0.4 is 5.32 Å². The van der Waals surface area contributed by atoms with Crippen molar-refractivity contribution >= 4 is 5.97 Å². The fourth-order valence-electron chi connectivity index (χ4n) is 2.24. The molecule has 2 atom stereocenters. The highest BCUT2D eigenvalue weighted by Gasteiger charge is 2.25. The third-order valence-corrected chi connectivity index (χ3v) is 3.21. The van der Waals surface area contributed by atoms with E-state index in [4.69, 9.17) is 5.11 Å². The quantitative estimate of drug-likeness (QED) is 0.801. The average molecular weight is 219 g/mol. The molecule has 0 amide bonds. The molecule has 3 nitrogen and oxygen atoms in total. The molecule has 0 aliphatic carbocycles. The Labute approximate surface area is 95.5 Å². The molecule has 0 bridgehead atoms. The normalized spacial score (nSPS) is 25.3. The van der Waals surface area contributed by atoms with E-state index < -0.39 is 5.97 Å². The minimum absolute atomic E-state index is 0.221. The molecule has 1 fully saturated rings. The van der Waals surface area contributed by atoms with Crippen LogP contribution in [0.4, 0.5) is 0 Å². The second kappa shape index (κ2) is 4.66. The SMILES string of the molecule is Cc1cccc(C2CCC(C(=O)O)CN2)c1. The van der Waals surface area contributed by atoms with Crippen molar-refractivity contribution in [3.8, 4) is 0 Å². The molecule has 86 valence electrons. The lowest BCUT2D eigenvalue weighted by Gasteiger charge is -2.28. The number of nitrogens with one attached hydrogen (secondary N) is 1. The Hall–Kier alpha value is -1.35. The molecule has 1 saturated heterocycles. The number of aryl methyl sites for hydroxylation is 1. The van der Waals surface area contributed by atoms with Crippen LogP contribution in [0.25, 0.3) is 0 Å². The summed E-state index contributed by atoms with van der Waals surface area (Å²) in [5.74, 6) is -0.906. The number of hydrogen-bond acceptors (Lipinski definition) is 2. The molecular formula is C13H17NO2. The maximum absolute atomic E-state index is 10.8. The van der Waals surface area contributed by atoms with Gasteiger partial charge in [-0.05, 0) is 25.3 Å². The zero-order valence-corrected chi connectivity index (χ0v) is 9.44. The van der Waals surface area contributed by atoms with E-state index in [0.29, 0.717) is 12.6 Å². The Morgan fingerprint density at radius 1 is 1.44 bits per heavy atom. The van der Waals surface area contributed by atoms with Crippen molar-refractivity contribution < 1.29 is 9.90 Å². The number of carbonyl (C=O) groups is 1. The van der Waals surface area contributed by atoms with Gasteiger partial charge in [-0.25, -0.2) is 0 Å². The van der Waals surface area contributed by atoms with E-state index in [1.165, 1.54) is 11.1 Å². The van der Waals surface area contributed by atoms with Gasteiger partial charge in [0.2, 0.25) is 0 Å².